The van der Waals surface area contributed by atoms with Crippen LogP contribution in [0, 0.1) is 13.8 Å². The van der Waals surface area contributed by atoms with Crippen molar-refractivity contribution in [1.29, 1.82) is 0 Å². The van der Waals surface area contributed by atoms with E-state index >= 15 is 0 Å². The van der Waals surface area contributed by atoms with Gasteiger partial charge in [-0.25, -0.2) is 4.79 Å². The topological polar surface area (TPSA) is 73.9 Å². The van der Waals surface area contributed by atoms with E-state index in [-0.39, 0.29) is 22.9 Å². The van der Waals surface area contributed by atoms with Crippen LogP contribution in [0.5, 0.6) is 11.5 Å². The zero-order valence-electron chi connectivity index (χ0n) is 16.9. The monoisotopic (exact) mass is 439 g/mol. The lowest BCUT2D eigenvalue weighted by Gasteiger charge is -2.18. The number of rotatable bonds is 7. The van der Waals surface area contributed by atoms with E-state index in [1.807, 2.05) is 13.8 Å². The summed E-state index contributed by atoms with van der Waals surface area (Å²) in [5, 5.41) is 3.53. The van der Waals surface area contributed by atoms with Gasteiger partial charge in [-0.2, -0.15) is 0 Å². The molecule has 8 heteroatoms. The summed E-state index contributed by atoms with van der Waals surface area (Å²) in [6.45, 7) is 7.27. The van der Waals surface area contributed by atoms with Crippen molar-refractivity contribution in [1.82, 2.24) is 0 Å². The molecule has 0 aliphatic rings. The maximum Gasteiger partial charge on any atom is 0.341 e. The van der Waals surface area contributed by atoms with Gasteiger partial charge in [0, 0.05) is 11.1 Å². The van der Waals surface area contributed by atoms with Crippen molar-refractivity contribution in [3.8, 4) is 11.5 Å². The first kappa shape index (κ1) is 22.8. The van der Waals surface area contributed by atoms with E-state index in [9.17, 15) is 9.59 Å². The van der Waals surface area contributed by atoms with E-state index in [0.717, 1.165) is 11.1 Å². The second kappa shape index (κ2) is 9.85. The summed E-state index contributed by atoms with van der Waals surface area (Å²) in [4.78, 5) is 24.6. The van der Waals surface area contributed by atoms with E-state index in [1.54, 1.807) is 26.0 Å². The molecule has 1 unspecified atom stereocenters. The average Bonchev–Trinajstić information content (AvgIpc) is 2.67. The van der Waals surface area contributed by atoms with Gasteiger partial charge >= 0.3 is 5.97 Å². The van der Waals surface area contributed by atoms with Gasteiger partial charge in [0.05, 0.1) is 24.4 Å². The fourth-order valence-electron chi connectivity index (χ4n) is 2.65. The van der Waals surface area contributed by atoms with E-state index in [1.165, 1.54) is 19.2 Å². The highest BCUT2D eigenvalue weighted by atomic mass is 35.5. The quantitative estimate of drug-likeness (QED) is 0.599. The number of anilines is 1. The Labute approximate surface area is 180 Å². The number of benzene rings is 2. The predicted octanol–water partition coefficient (Wildman–Crippen LogP) is 5.20. The third-order valence-corrected chi connectivity index (χ3v) is 5.04. The highest BCUT2D eigenvalue weighted by Gasteiger charge is 2.21. The first-order chi connectivity index (χ1) is 13.7. The van der Waals surface area contributed by atoms with Gasteiger partial charge in [0.15, 0.2) is 6.10 Å². The molecule has 6 nitrogen and oxygen atoms in total. The molecule has 0 heterocycles. The minimum atomic E-state index is -0.804. The molecule has 0 saturated heterocycles. The summed E-state index contributed by atoms with van der Waals surface area (Å²) in [6, 6.07) is 6.40. The van der Waals surface area contributed by atoms with E-state index in [4.69, 9.17) is 37.4 Å². The van der Waals surface area contributed by atoms with Gasteiger partial charge in [-0.15, -0.1) is 0 Å². The number of hydrogen-bond donors (Lipinski definition) is 1. The Kier molecular flexibility index (Phi) is 7.76. The van der Waals surface area contributed by atoms with Crippen LogP contribution in [0.2, 0.25) is 10.0 Å². The van der Waals surface area contributed by atoms with E-state index < -0.39 is 18.0 Å². The minimum Gasteiger partial charge on any atom is -0.496 e. The largest absolute Gasteiger partial charge is 0.496 e. The van der Waals surface area contributed by atoms with Crippen LogP contribution in [-0.4, -0.2) is 31.7 Å². The van der Waals surface area contributed by atoms with Crippen molar-refractivity contribution in [2.45, 2.75) is 33.8 Å². The average molecular weight is 440 g/mol. The van der Waals surface area contributed by atoms with Crippen LogP contribution in [0.25, 0.3) is 0 Å². The van der Waals surface area contributed by atoms with E-state index in [2.05, 4.69) is 5.32 Å². The molecule has 0 radical (unpaired) electrons. The van der Waals surface area contributed by atoms with Crippen molar-refractivity contribution in [2.24, 2.45) is 0 Å². The predicted molar refractivity (Wildman–Crippen MR) is 114 cm³/mol. The van der Waals surface area contributed by atoms with Crippen molar-refractivity contribution in [3.63, 3.8) is 0 Å². The standard InChI is InChI=1S/C21H23Cl2NO5/c1-6-28-21(26)15-9-16(22)17(10-18(15)27-5)24-20(25)13(4)29-14-7-11(2)19(23)12(3)8-14/h7-10,13H,6H2,1-5H3,(H,24,25). The molecule has 1 atom stereocenters. The molecule has 156 valence electrons. The van der Waals surface area contributed by atoms with Crippen molar-refractivity contribution < 1.29 is 23.8 Å². The van der Waals surface area contributed by atoms with Gasteiger partial charge in [0.25, 0.3) is 5.91 Å². The smallest absolute Gasteiger partial charge is 0.341 e. The number of nitrogens with one attached hydrogen (secondary N) is 1. The van der Waals surface area contributed by atoms with Gasteiger partial charge in [-0.05, 0) is 57.0 Å². The molecule has 0 spiro atoms. The van der Waals surface area contributed by atoms with E-state index in [0.29, 0.717) is 16.5 Å². The van der Waals surface area contributed by atoms with Gasteiger partial charge in [0.2, 0.25) is 0 Å². The molecular weight excluding hydrogens is 417 g/mol. The first-order valence-electron chi connectivity index (χ1n) is 8.96. The summed E-state index contributed by atoms with van der Waals surface area (Å²) in [5.41, 5.74) is 2.18. The highest BCUT2D eigenvalue weighted by molar-refractivity contribution is 6.34. The van der Waals surface area contributed by atoms with Gasteiger partial charge < -0.3 is 19.5 Å². The minimum absolute atomic E-state index is 0.174. The third-order valence-electron chi connectivity index (χ3n) is 4.13. The highest BCUT2D eigenvalue weighted by Crippen LogP contribution is 2.32. The number of ether oxygens (including phenoxy) is 3. The lowest BCUT2D eigenvalue weighted by atomic mass is 10.1. The fourth-order valence-corrected chi connectivity index (χ4v) is 2.97. The second-order valence-electron chi connectivity index (χ2n) is 6.37. The van der Waals surface area contributed by atoms with Crippen LogP contribution in [0.3, 0.4) is 0 Å². The Bertz CT molecular complexity index is 907. The normalized spacial score (nSPS) is 11.6. The molecule has 2 aromatic rings. The number of esters is 1. The van der Waals surface area contributed by atoms with Crippen LogP contribution in [-0.2, 0) is 9.53 Å². The summed E-state index contributed by atoms with van der Waals surface area (Å²) in [5.74, 6) is -0.202. The number of amides is 1. The fraction of sp³-hybridized carbons (Fsp3) is 0.333. The molecule has 0 aliphatic heterocycles. The molecule has 0 bridgehead atoms. The lowest BCUT2D eigenvalue weighted by molar-refractivity contribution is -0.122. The molecule has 2 rings (SSSR count). The second-order valence-corrected chi connectivity index (χ2v) is 7.16. The summed E-state index contributed by atoms with van der Waals surface area (Å²) in [7, 11) is 1.41. The molecule has 0 aromatic heterocycles. The Morgan fingerprint density at radius 3 is 2.28 bits per heavy atom. The Balaban J connectivity index is 2.18. The molecule has 2 aromatic carbocycles. The Morgan fingerprint density at radius 1 is 1.10 bits per heavy atom. The number of halogens is 2. The molecule has 0 aliphatic carbocycles. The third kappa shape index (κ3) is 5.55. The van der Waals surface area contributed by atoms with Gasteiger partial charge in [-0.3, -0.25) is 4.79 Å². The number of aryl methyl sites for hydroxylation is 2. The van der Waals surface area contributed by atoms with Crippen molar-refractivity contribution in [2.75, 3.05) is 19.0 Å². The molecule has 1 N–H and O–H groups in total. The maximum atomic E-state index is 12.6. The molecular formula is C21H23Cl2NO5. The first-order valence-corrected chi connectivity index (χ1v) is 9.72. The maximum absolute atomic E-state index is 12.6. The number of methoxy groups -OCH3 is 1. The molecule has 0 saturated carbocycles. The summed E-state index contributed by atoms with van der Waals surface area (Å²) < 4.78 is 15.9. The molecule has 0 fully saturated rings. The Morgan fingerprint density at radius 2 is 1.72 bits per heavy atom. The Hall–Kier alpha value is -2.44. The van der Waals surface area contributed by atoms with Crippen molar-refractivity contribution >= 4 is 40.8 Å². The van der Waals surface area contributed by atoms with Gasteiger partial charge in [-0.1, -0.05) is 23.2 Å². The zero-order valence-corrected chi connectivity index (χ0v) is 18.4. The van der Waals surface area contributed by atoms with Crippen LogP contribution in [0.4, 0.5) is 5.69 Å². The lowest BCUT2D eigenvalue weighted by Crippen LogP contribution is -2.30. The van der Waals surface area contributed by atoms with Gasteiger partial charge in [0.1, 0.15) is 17.1 Å². The molecule has 1 amide bonds. The number of carbonyl (C=O) groups excluding carboxylic acids is 2. The zero-order chi connectivity index (χ0) is 21.7. The van der Waals surface area contributed by atoms with Crippen LogP contribution >= 0.6 is 23.2 Å². The van der Waals surface area contributed by atoms with Crippen molar-refractivity contribution in [3.05, 3.63) is 51.0 Å². The summed E-state index contributed by atoms with van der Waals surface area (Å²) >= 11 is 12.4. The SMILES string of the molecule is CCOC(=O)c1cc(Cl)c(NC(=O)C(C)Oc2cc(C)c(Cl)c(C)c2)cc1OC. The van der Waals surface area contributed by atoms with Crippen LogP contribution < -0.4 is 14.8 Å². The summed E-state index contributed by atoms with van der Waals surface area (Å²) in [6.07, 6.45) is -0.804. The molecule has 29 heavy (non-hydrogen) atoms. The number of hydrogen-bond acceptors (Lipinski definition) is 5. The van der Waals surface area contributed by atoms with Crippen LogP contribution in [0.1, 0.15) is 35.3 Å². The number of carbonyl (C=O) groups is 2. The van der Waals surface area contributed by atoms with Crippen LogP contribution in [0.15, 0.2) is 24.3 Å².